The molecule has 1 aromatic heterocycles. The monoisotopic (exact) mass is 640 g/mol. The lowest BCUT2D eigenvalue weighted by molar-refractivity contribution is 0.654. The van der Waals surface area contributed by atoms with Crippen LogP contribution in [0.1, 0.15) is 74.4 Å². The van der Waals surface area contributed by atoms with Crippen LogP contribution >= 0.6 is 0 Å². The quantitative estimate of drug-likeness (QED) is 0.114. The van der Waals surface area contributed by atoms with Crippen LogP contribution in [0.5, 0.6) is 0 Å². The third kappa shape index (κ3) is 6.39. The number of aryl methyl sites for hydroxylation is 1. The molecule has 2 aliphatic rings. The summed E-state index contributed by atoms with van der Waals surface area (Å²) in [7, 11) is 0. The standard InChI is InChI=1S/C40H34N2.C5H8.C2H6/c1-6-24-13-19-34-33(38(24)41)18-14-25-16-20-37(42-39(25)34)30-12-11-26-21-27(9-10-28(26)22-30)29-15-17-32-31(7-2)35(8-3)40(4,5)36(32)23-29;1-3-5-4-2;1-2/h6-8,11-23H,1-3,9-10,41H2,4-5H3;3-5H,1H2,2H3;1-2H3/b;5-4-;. The molecule has 49 heavy (non-hydrogen) atoms. The topological polar surface area (TPSA) is 38.9 Å². The van der Waals surface area contributed by atoms with E-state index >= 15 is 0 Å². The lowest BCUT2D eigenvalue weighted by Gasteiger charge is -2.24. The van der Waals surface area contributed by atoms with Crippen molar-refractivity contribution < 1.29 is 0 Å². The second kappa shape index (κ2) is 14.7. The van der Waals surface area contributed by atoms with Crippen molar-refractivity contribution in [2.45, 2.75) is 52.9 Å². The summed E-state index contributed by atoms with van der Waals surface area (Å²) < 4.78 is 0. The van der Waals surface area contributed by atoms with Crippen LogP contribution in [0.4, 0.5) is 5.69 Å². The van der Waals surface area contributed by atoms with Crippen LogP contribution in [0.3, 0.4) is 0 Å². The van der Waals surface area contributed by atoms with Crippen LogP contribution in [-0.4, -0.2) is 4.98 Å². The third-order valence-corrected chi connectivity index (χ3v) is 9.64. The van der Waals surface area contributed by atoms with Gasteiger partial charge in [0.15, 0.2) is 0 Å². The Morgan fingerprint density at radius 1 is 0.776 bits per heavy atom. The molecule has 2 nitrogen and oxygen atoms in total. The number of nitrogens with two attached hydrogens (primary N) is 1. The van der Waals surface area contributed by atoms with Gasteiger partial charge in [-0.1, -0.05) is 151 Å². The number of benzene rings is 4. The molecule has 1 heterocycles. The summed E-state index contributed by atoms with van der Waals surface area (Å²) in [6.07, 6.45) is 15.7. The molecule has 4 aromatic carbocycles. The number of hydrogen-bond donors (Lipinski definition) is 1. The fourth-order valence-corrected chi connectivity index (χ4v) is 7.09. The number of nitrogen functional groups attached to an aromatic ring is 1. The number of aromatic nitrogens is 1. The first-order valence-electron chi connectivity index (χ1n) is 17.2. The zero-order chi connectivity index (χ0) is 35.3. The number of anilines is 1. The van der Waals surface area contributed by atoms with Crippen LogP contribution in [0.2, 0.25) is 0 Å². The molecular weight excluding hydrogens is 593 g/mol. The lowest BCUT2D eigenvalue weighted by Crippen LogP contribution is -2.16. The number of nitrogens with zero attached hydrogens (tertiary/aromatic N) is 1. The fraction of sp³-hybridized carbons (Fsp3) is 0.170. The minimum absolute atomic E-state index is 0.0868. The summed E-state index contributed by atoms with van der Waals surface area (Å²) in [4.78, 5) is 5.14. The van der Waals surface area contributed by atoms with Crippen LogP contribution < -0.4 is 5.73 Å². The van der Waals surface area contributed by atoms with Gasteiger partial charge in [0.1, 0.15) is 0 Å². The Morgan fingerprint density at radius 3 is 2.18 bits per heavy atom. The number of allylic oxidation sites excluding steroid dienone is 8. The first-order chi connectivity index (χ1) is 23.7. The first kappa shape index (κ1) is 34.9. The Hall–Kier alpha value is -5.47. The normalized spacial score (nSPS) is 14.2. The van der Waals surface area contributed by atoms with E-state index in [0.717, 1.165) is 57.0 Å². The second-order valence-electron chi connectivity index (χ2n) is 12.7. The van der Waals surface area contributed by atoms with Gasteiger partial charge in [-0.3, -0.25) is 0 Å². The number of pyridine rings is 1. The molecule has 0 spiro atoms. The van der Waals surface area contributed by atoms with Crippen molar-refractivity contribution in [3.8, 4) is 11.3 Å². The second-order valence-corrected chi connectivity index (χ2v) is 12.7. The number of hydrogen-bond acceptors (Lipinski definition) is 2. The van der Waals surface area contributed by atoms with E-state index in [2.05, 4.69) is 113 Å². The van der Waals surface area contributed by atoms with E-state index in [-0.39, 0.29) is 5.41 Å². The van der Waals surface area contributed by atoms with Crippen LogP contribution in [-0.2, 0) is 11.8 Å². The van der Waals surface area contributed by atoms with Gasteiger partial charge in [0.2, 0.25) is 0 Å². The Kier molecular flexibility index (Phi) is 10.5. The molecular formula is C47H48N2. The molecule has 0 aliphatic heterocycles. The van der Waals surface area contributed by atoms with Crippen LogP contribution in [0, 0.1) is 0 Å². The van der Waals surface area contributed by atoms with Gasteiger partial charge in [0, 0.05) is 32.8 Å². The Labute approximate surface area is 293 Å². The summed E-state index contributed by atoms with van der Waals surface area (Å²) in [6.45, 7) is 26.1. The van der Waals surface area contributed by atoms with Gasteiger partial charge in [0.05, 0.1) is 11.2 Å². The highest BCUT2D eigenvalue weighted by atomic mass is 14.7. The predicted molar refractivity (Wildman–Crippen MR) is 219 cm³/mol. The predicted octanol–water partition coefficient (Wildman–Crippen LogP) is 13.0. The average molecular weight is 641 g/mol. The highest BCUT2D eigenvalue weighted by Crippen LogP contribution is 2.48. The summed E-state index contributed by atoms with van der Waals surface area (Å²) in [5.41, 5.74) is 21.5. The molecule has 0 atom stereocenters. The van der Waals surface area contributed by atoms with Crippen molar-refractivity contribution in [3.05, 3.63) is 168 Å². The van der Waals surface area contributed by atoms with E-state index < -0.39 is 0 Å². The van der Waals surface area contributed by atoms with Crippen molar-refractivity contribution in [2.24, 2.45) is 0 Å². The van der Waals surface area contributed by atoms with E-state index in [4.69, 9.17) is 10.7 Å². The average Bonchev–Trinajstić information content (AvgIpc) is 3.36. The molecule has 0 unspecified atom stereocenters. The SMILES string of the molecule is C=C/C=C\C.C=CC1=C(C=C)C(C)(C)c2cc(C3=Cc4ccc(-c5ccc6ccc7c(N)c(C=C)ccc7c6n5)cc4CC3)ccc21.CC. The highest BCUT2D eigenvalue weighted by molar-refractivity contribution is 6.11. The minimum atomic E-state index is -0.0868. The summed E-state index contributed by atoms with van der Waals surface area (Å²) in [5, 5.41) is 3.19. The number of rotatable bonds is 6. The van der Waals surface area contributed by atoms with Gasteiger partial charge in [0.25, 0.3) is 0 Å². The molecule has 0 fully saturated rings. The maximum Gasteiger partial charge on any atom is 0.0788 e. The highest BCUT2D eigenvalue weighted by Gasteiger charge is 2.35. The van der Waals surface area contributed by atoms with Crippen LogP contribution in [0.25, 0.3) is 56.2 Å². The van der Waals surface area contributed by atoms with Gasteiger partial charge in [-0.05, 0) is 88.1 Å². The van der Waals surface area contributed by atoms with Crippen LogP contribution in [0.15, 0.2) is 135 Å². The molecule has 0 radical (unpaired) electrons. The van der Waals surface area contributed by atoms with Gasteiger partial charge in [-0.15, -0.1) is 0 Å². The van der Waals surface area contributed by atoms with E-state index in [1.165, 1.54) is 44.5 Å². The van der Waals surface area contributed by atoms with Gasteiger partial charge in [-0.25, -0.2) is 4.98 Å². The van der Waals surface area contributed by atoms with Crippen molar-refractivity contribution in [2.75, 3.05) is 5.73 Å². The van der Waals surface area contributed by atoms with E-state index in [0.29, 0.717) is 0 Å². The van der Waals surface area contributed by atoms with E-state index in [9.17, 15) is 0 Å². The van der Waals surface area contributed by atoms with Gasteiger partial charge >= 0.3 is 0 Å². The largest absolute Gasteiger partial charge is 0.398 e. The maximum absolute atomic E-state index is 6.45. The zero-order valence-corrected chi connectivity index (χ0v) is 29.7. The summed E-state index contributed by atoms with van der Waals surface area (Å²) in [5.74, 6) is 0. The van der Waals surface area contributed by atoms with Gasteiger partial charge < -0.3 is 5.73 Å². The Bertz CT molecular complexity index is 2200. The molecule has 246 valence electrons. The maximum atomic E-state index is 6.45. The number of fused-ring (bicyclic) bond motifs is 5. The summed E-state index contributed by atoms with van der Waals surface area (Å²) >= 11 is 0. The minimum Gasteiger partial charge on any atom is -0.398 e. The molecule has 2 N–H and O–H groups in total. The van der Waals surface area contributed by atoms with E-state index in [1.54, 1.807) is 12.2 Å². The Balaban J connectivity index is 0.000000616. The summed E-state index contributed by atoms with van der Waals surface area (Å²) in [6, 6.07) is 26.3. The van der Waals surface area contributed by atoms with Crippen molar-refractivity contribution in [3.63, 3.8) is 0 Å². The fourth-order valence-electron chi connectivity index (χ4n) is 7.09. The smallest absolute Gasteiger partial charge is 0.0788 e. The molecule has 2 heteroatoms. The molecule has 7 rings (SSSR count). The Morgan fingerprint density at radius 2 is 1.51 bits per heavy atom. The van der Waals surface area contributed by atoms with Crippen molar-refractivity contribution in [1.29, 1.82) is 0 Å². The molecule has 0 amide bonds. The third-order valence-electron chi connectivity index (χ3n) is 9.64. The van der Waals surface area contributed by atoms with Crippen molar-refractivity contribution in [1.82, 2.24) is 4.98 Å². The van der Waals surface area contributed by atoms with Gasteiger partial charge in [-0.2, -0.15) is 0 Å². The zero-order valence-electron chi connectivity index (χ0n) is 29.7. The molecule has 0 saturated carbocycles. The molecule has 0 bridgehead atoms. The van der Waals surface area contributed by atoms with E-state index in [1.807, 2.05) is 51.1 Å². The molecule has 0 saturated heterocycles. The first-order valence-corrected chi connectivity index (χ1v) is 17.2. The van der Waals surface area contributed by atoms with Crippen molar-refractivity contribution >= 4 is 50.7 Å². The molecule has 5 aromatic rings. The lowest BCUT2D eigenvalue weighted by atomic mass is 9.79. The molecule has 2 aliphatic carbocycles.